The van der Waals surface area contributed by atoms with Gasteiger partial charge in [0.05, 0.1) is 28.0 Å². The van der Waals surface area contributed by atoms with Crippen molar-refractivity contribution in [2.45, 2.75) is 45.7 Å². The number of anilines is 1. The van der Waals surface area contributed by atoms with Gasteiger partial charge in [0, 0.05) is 0 Å². The van der Waals surface area contributed by atoms with Crippen molar-refractivity contribution in [3.8, 4) is 0 Å². The lowest BCUT2D eigenvalue weighted by atomic mass is 10.0. The van der Waals surface area contributed by atoms with E-state index in [1.165, 1.54) is 23.8 Å². The van der Waals surface area contributed by atoms with Crippen LogP contribution in [-0.2, 0) is 21.2 Å². The number of benzene rings is 2. The standard InChI is InChI=1S/C21H26Cl2N2O3S/c1-5-15-7-9-16(10-8-15)14(3)24-21(26)20(6-2)25(29(4,27)28)17-11-12-18(22)19(23)13-17/h7-14,20H,5-6H2,1-4H3,(H,24,26). The lowest BCUT2D eigenvalue weighted by molar-refractivity contribution is -0.122. The van der Waals surface area contributed by atoms with Gasteiger partial charge in [0.1, 0.15) is 6.04 Å². The predicted octanol–water partition coefficient (Wildman–Crippen LogP) is 4.98. The van der Waals surface area contributed by atoms with Crippen molar-refractivity contribution >= 4 is 44.8 Å². The highest BCUT2D eigenvalue weighted by Gasteiger charge is 2.32. The summed E-state index contributed by atoms with van der Waals surface area (Å²) in [6, 6.07) is 11.3. The maximum atomic E-state index is 13.0. The molecule has 2 atom stereocenters. The fourth-order valence-corrected chi connectivity index (χ4v) is 4.61. The van der Waals surface area contributed by atoms with E-state index in [9.17, 15) is 13.2 Å². The molecule has 0 aliphatic rings. The van der Waals surface area contributed by atoms with Crippen LogP contribution in [0.2, 0.25) is 10.0 Å². The Morgan fingerprint density at radius 2 is 1.69 bits per heavy atom. The summed E-state index contributed by atoms with van der Waals surface area (Å²) in [5.74, 6) is -0.379. The Hall–Kier alpha value is -1.76. The first-order chi connectivity index (χ1) is 13.6. The van der Waals surface area contributed by atoms with E-state index >= 15 is 0 Å². The first kappa shape index (κ1) is 23.5. The summed E-state index contributed by atoms with van der Waals surface area (Å²) in [5.41, 5.74) is 2.45. The molecule has 0 aliphatic heterocycles. The van der Waals surface area contributed by atoms with Gasteiger partial charge in [-0.3, -0.25) is 9.10 Å². The van der Waals surface area contributed by atoms with Gasteiger partial charge in [0.15, 0.2) is 0 Å². The van der Waals surface area contributed by atoms with Crippen LogP contribution < -0.4 is 9.62 Å². The van der Waals surface area contributed by atoms with Gasteiger partial charge in [-0.25, -0.2) is 8.42 Å². The molecular weight excluding hydrogens is 431 g/mol. The van der Waals surface area contributed by atoms with Gasteiger partial charge in [0.2, 0.25) is 15.9 Å². The van der Waals surface area contributed by atoms with Crippen LogP contribution in [0, 0.1) is 0 Å². The van der Waals surface area contributed by atoms with Crippen LogP contribution in [0.3, 0.4) is 0 Å². The molecule has 2 rings (SSSR count). The fourth-order valence-electron chi connectivity index (χ4n) is 3.12. The lowest BCUT2D eigenvalue weighted by Gasteiger charge is -2.31. The number of nitrogens with zero attached hydrogens (tertiary/aromatic N) is 1. The van der Waals surface area contributed by atoms with Crippen molar-refractivity contribution in [2.75, 3.05) is 10.6 Å². The molecule has 0 aromatic heterocycles. The molecule has 0 aliphatic carbocycles. The minimum atomic E-state index is -3.74. The smallest absolute Gasteiger partial charge is 0.244 e. The molecule has 0 bridgehead atoms. The Balaban J connectivity index is 2.30. The largest absolute Gasteiger partial charge is 0.348 e. The molecule has 2 unspecified atom stereocenters. The van der Waals surface area contributed by atoms with E-state index in [0.717, 1.165) is 22.5 Å². The first-order valence-electron chi connectivity index (χ1n) is 9.42. The van der Waals surface area contributed by atoms with Gasteiger partial charge >= 0.3 is 0 Å². The van der Waals surface area contributed by atoms with Gasteiger partial charge in [-0.05, 0) is 49.1 Å². The Bertz CT molecular complexity index is 962. The molecule has 0 fully saturated rings. The van der Waals surface area contributed by atoms with Gasteiger partial charge < -0.3 is 5.32 Å². The SMILES string of the molecule is CCc1ccc(C(C)NC(=O)C(CC)N(c2ccc(Cl)c(Cl)c2)S(C)(=O)=O)cc1. The zero-order valence-electron chi connectivity index (χ0n) is 16.9. The van der Waals surface area contributed by atoms with E-state index < -0.39 is 16.1 Å². The zero-order valence-corrected chi connectivity index (χ0v) is 19.3. The van der Waals surface area contributed by atoms with E-state index in [-0.39, 0.29) is 17.0 Å². The molecule has 1 N–H and O–H groups in total. The molecule has 5 nitrogen and oxygen atoms in total. The number of sulfonamides is 1. The average molecular weight is 457 g/mol. The van der Waals surface area contributed by atoms with Gasteiger partial charge in [-0.15, -0.1) is 0 Å². The number of carbonyl (C=O) groups is 1. The number of hydrogen-bond donors (Lipinski definition) is 1. The number of rotatable bonds is 8. The summed E-state index contributed by atoms with van der Waals surface area (Å²) in [6.07, 6.45) is 2.30. The maximum Gasteiger partial charge on any atom is 0.244 e. The average Bonchev–Trinajstić information content (AvgIpc) is 2.67. The van der Waals surface area contributed by atoms with Crippen molar-refractivity contribution in [3.05, 3.63) is 63.6 Å². The van der Waals surface area contributed by atoms with Crippen LogP contribution in [0.25, 0.3) is 0 Å². The second-order valence-corrected chi connectivity index (χ2v) is 9.58. The van der Waals surface area contributed by atoms with E-state index in [4.69, 9.17) is 23.2 Å². The van der Waals surface area contributed by atoms with Crippen molar-refractivity contribution < 1.29 is 13.2 Å². The zero-order chi connectivity index (χ0) is 21.8. The number of nitrogens with one attached hydrogen (secondary N) is 1. The van der Waals surface area contributed by atoms with Crippen molar-refractivity contribution in [1.82, 2.24) is 5.32 Å². The highest BCUT2D eigenvalue weighted by molar-refractivity contribution is 7.92. The minimum absolute atomic E-state index is 0.220. The molecule has 158 valence electrons. The molecule has 8 heteroatoms. The number of hydrogen-bond acceptors (Lipinski definition) is 3. The quantitative estimate of drug-likeness (QED) is 0.608. The van der Waals surface area contributed by atoms with Crippen LogP contribution in [0.1, 0.15) is 44.4 Å². The molecule has 2 aromatic carbocycles. The normalized spacial score (nSPS) is 13.6. The van der Waals surface area contributed by atoms with E-state index in [0.29, 0.717) is 17.1 Å². The van der Waals surface area contributed by atoms with Crippen molar-refractivity contribution in [2.24, 2.45) is 0 Å². The Labute approximate surface area is 183 Å². The molecule has 0 saturated carbocycles. The summed E-state index contributed by atoms with van der Waals surface area (Å²) in [4.78, 5) is 13.0. The van der Waals surface area contributed by atoms with Crippen LogP contribution in [0.4, 0.5) is 5.69 Å². The fraction of sp³-hybridized carbons (Fsp3) is 0.381. The summed E-state index contributed by atoms with van der Waals surface area (Å²) >= 11 is 12.0. The predicted molar refractivity (Wildman–Crippen MR) is 120 cm³/mol. The highest BCUT2D eigenvalue weighted by Crippen LogP contribution is 2.30. The topological polar surface area (TPSA) is 66.5 Å². The number of halogens is 2. The molecule has 29 heavy (non-hydrogen) atoms. The monoisotopic (exact) mass is 456 g/mol. The van der Waals surface area contributed by atoms with Crippen LogP contribution in [0.5, 0.6) is 0 Å². The summed E-state index contributed by atoms with van der Waals surface area (Å²) < 4.78 is 26.2. The second-order valence-electron chi connectivity index (χ2n) is 6.91. The molecule has 0 spiro atoms. The summed E-state index contributed by atoms with van der Waals surface area (Å²) in [5, 5.41) is 3.46. The Morgan fingerprint density at radius 1 is 1.07 bits per heavy atom. The summed E-state index contributed by atoms with van der Waals surface area (Å²) in [7, 11) is -3.74. The molecule has 0 heterocycles. The van der Waals surface area contributed by atoms with Gasteiger partial charge in [-0.1, -0.05) is 61.3 Å². The lowest BCUT2D eigenvalue weighted by Crippen LogP contribution is -2.49. The third-order valence-corrected chi connectivity index (χ3v) is 6.65. The van der Waals surface area contributed by atoms with Crippen LogP contribution >= 0.6 is 23.2 Å². The van der Waals surface area contributed by atoms with Gasteiger partial charge in [0.25, 0.3) is 0 Å². The molecule has 2 aromatic rings. The van der Waals surface area contributed by atoms with Crippen LogP contribution in [-0.4, -0.2) is 26.6 Å². The summed E-state index contributed by atoms with van der Waals surface area (Å²) in [6.45, 7) is 5.71. The minimum Gasteiger partial charge on any atom is -0.348 e. The maximum absolute atomic E-state index is 13.0. The third-order valence-electron chi connectivity index (χ3n) is 4.73. The van der Waals surface area contributed by atoms with E-state index in [1.54, 1.807) is 6.92 Å². The Morgan fingerprint density at radius 3 is 2.17 bits per heavy atom. The van der Waals surface area contributed by atoms with Crippen molar-refractivity contribution in [3.63, 3.8) is 0 Å². The highest BCUT2D eigenvalue weighted by atomic mass is 35.5. The van der Waals surface area contributed by atoms with Crippen molar-refractivity contribution in [1.29, 1.82) is 0 Å². The van der Waals surface area contributed by atoms with Crippen LogP contribution in [0.15, 0.2) is 42.5 Å². The third kappa shape index (κ3) is 5.87. The Kier molecular flexibility index (Phi) is 7.97. The molecule has 0 saturated heterocycles. The van der Waals surface area contributed by atoms with Gasteiger partial charge in [-0.2, -0.15) is 0 Å². The second kappa shape index (κ2) is 9.83. The molecule has 0 radical (unpaired) electrons. The number of carbonyl (C=O) groups excluding carboxylic acids is 1. The van der Waals surface area contributed by atoms with E-state index in [1.807, 2.05) is 31.2 Å². The number of aryl methyl sites for hydroxylation is 1. The van der Waals surface area contributed by atoms with E-state index in [2.05, 4.69) is 12.2 Å². The number of amides is 1. The molecule has 1 amide bonds. The molecular formula is C21H26Cl2N2O3S. The first-order valence-corrected chi connectivity index (χ1v) is 12.0.